The van der Waals surface area contributed by atoms with Gasteiger partial charge in [-0.2, -0.15) is 0 Å². The lowest BCUT2D eigenvalue weighted by Crippen LogP contribution is -2.47. The fraction of sp³-hybridized carbons (Fsp3) is 0.571. The summed E-state index contributed by atoms with van der Waals surface area (Å²) < 4.78 is 0. The van der Waals surface area contributed by atoms with Gasteiger partial charge in [0.1, 0.15) is 10.6 Å². The number of hydrazine groups is 1. The van der Waals surface area contributed by atoms with E-state index in [0.29, 0.717) is 12.5 Å². The third-order valence-electron chi connectivity index (χ3n) is 3.46. The van der Waals surface area contributed by atoms with Crippen LogP contribution < -0.4 is 5.43 Å². The summed E-state index contributed by atoms with van der Waals surface area (Å²) in [6, 6.07) is -0.338. The highest BCUT2D eigenvalue weighted by atomic mass is 16.3. The molecular formula is C14H22N5O+. The smallest absolute Gasteiger partial charge is 0.295 e. The van der Waals surface area contributed by atoms with Gasteiger partial charge in [-0.3, -0.25) is 0 Å². The van der Waals surface area contributed by atoms with Crippen molar-refractivity contribution >= 4 is 11.7 Å². The van der Waals surface area contributed by atoms with Crippen molar-refractivity contribution in [2.24, 2.45) is 9.98 Å². The Morgan fingerprint density at radius 1 is 1.40 bits per heavy atom. The molecule has 0 spiro atoms. The average Bonchev–Trinajstić information content (AvgIpc) is 2.47. The summed E-state index contributed by atoms with van der Waals surface area (Å²) >= 11 is 0. The molecule has 1 aliphatic heterocycles. The second-order valence-corrected chi connectivity index (χ2v) is 4.75. The molecule has 0 aromatic heterocycles. The van der Waals surface area contributed by atoms with E-state index in [2.05, 4.69) is 34.2 Å². The summed E-state index contributed by atoms with van der Waals surface area (Å²) in [4.78, 5) is 23.7. The van der Waals surface area contributed by atoms with E-state index in [1.807, 2.05) is 24.3 Å². The summed E-state index contributed by atoms with van der Waals surface area (Å²) in [7, 11) is 0. The van der Waals surface area contributed by atoms with Crippen molar-refractivity contribution in [1.82, 2.24) is 10.3 Å². The summed E-state index contributed by atoms with van der Waals surface area (Å²) in [6.45, 7) is 8.12. The summed E-state index contributed by atoms with van der Waals surface area (Å²) in [6.07, 6.45) is 8.36. The molecule has 20 heavy (non-hydrogen) atoms. The maximum Gasteiger partial charge on any atom is 0.295 e. The van der Waals surface area contributed by atoms with Crippen molar-refractivity contribution in [2.75, 3.05) is 26.2 Å². The largest absolute Gasteiger partial charge is 0.304 e. The predicted octanol–water partition coefficient (Wildman–Crippen LogP) is 1.31. The minimum absolute atomic E-state index is 0.338. The van der Waals surface area contributed by atoms with Gasteiger partial charge in [0.2, 0.25) is 0 Å². The van der Waals surface area contributed by atoms with Crippen LogP contribution in [0.1, 0.15) is 20.3 Å². The molecule has 0 saturated carbocycles. The normalized spacial score (nSPS) is 22.9. The predicted molar refractivity (Wildman–Crippen MR) is 81.0 cm³/mol. The van der Waals surface area contributed by atoms with E-state index in [1.54, 1.807) is 0 Å². The molecule has 2 rings (SSSR count). The Kier molecular flexibility index (Phi) is 5.17. The Labute approximate surface area is 119 Å². The van der Waals surface area contributed by atoms with Crippen LogP contribution in [0.3, 0.4) is 0 Å². The molecule has 0 fully saturated rings. The van der Waals surface area contributed by atoms with Gasteiger partial charge in [-0.15, -0.1) is 0 Å². The number of guanidine groups is 1. The monoisotopic (exact) mass is 276 g/mol. The van der Waals surface area contributed by atoms with Gasteiger partial charge in [-0.1, -0.05) is 31.4 Å². The van der Waals surface area contributed by atoms with E-state index in [-0.39, 0.29) is 6.04 Å². The van der Waals surface area contributed by atoms with Crippen LogP contribution in [-0.2, 0) is 0 Å². The Bertz CT molecular complexity index is 474. The first-order chi connectivity index (χ1) is 9.74. The Balaban J connectivity index is 1.90. The molecule has 0 radical (unpaired) electrons. The second kappa shape index (κ2) is 7.09. The molecule has 1 N–H and O–H groups in total. The zero-order valence-corrected chi connectivity index (χ0v) is 12.1. The molecule has 1 unspecified atom stereocenters. The molecule has 1 heterocycles. The first-order valence-electron chi connectivity index (χ1n) is 7.18. The first-order valence-corrected chi connectivity index (χ1v) is 7.18. The van der Waals surface area contributed by atoms with Gasteiger partial charge in [0.25, 0.3) is 12.0 Å². The van der Waals surface area contributed by atoms with Crippen LogP contribution in [-0.4, -0.2) is 53.7 Å². The number of allylic oxidation sites excluding steroid dienone is 2. The van der Waals surface area contributed by atoms with Gasteiger partial charge in [0.15, 0.2) is 0 Å². The van der Waals surface area contributed by atoms with Crippen LogP contribution in [0.25, 0.3) is 0 Å². The van der Waals surface area contributed by atoms with Gasteiger partial charge in [0, 0.05) is 6.54 Å². The van der Waals surface area contributed by atoms with Gasteiger partial charge >= 0.3 is 0 Å². The van der Waals surface area contributed by atoms with E-state index in [0.717, 1.165) is 36.6 Å². The standard InChI is InChI=1S/C14H22N5O/c1-3-18(4-2)11-7-10-15-14-16-12-8-5-6-9-13(12)19(20)17-14/h5-6,8-9,13H,3-4,7,10-11H2,1-2H3,(H,15,17,20)/q+1. The topological polar surface area (TPSA) is 60.1 Å². The lowest BCUT2D eigenvalue weighted by atomic mass is 10.1. The lowest BCUT2D eigenvalue weighted by Gasteiger charge is -2.17. The molecule has 6 nitrogen and oxygen atoms in total. The zero-order chi connectivity index (χ0) is 14.4. The first kappa shape index (κ1) is 14.6. The van der Waals surface area contributed by atoms with E-state index in [4.69, 9.17) is 0 Å². The van der Waals surface area contributed by atoms with Crippen LogP contribution in [0.2, 0.25) is 0 Å². The quantitative estimate of drug-likeness (QED) is 0.588. The average molecular weight is 276 g/mol. The van der Waals surface area contributed by atoms with Gasteiger partial charge in [0.05, 0.1) is 4.91 Å². The van der Waals surface area contributed by atoms with E-state index in [9.17, 15) is 4.91 Å². The summed E-state index contributed by atoms with van der Waals surface area (Å²) in [5, 5.41) is 0. The second-order valence-electron chi connectivity index (χ2n) is 4.75. The van der Waals surface area contributed by atoms with Gasteiger partial charge in [-0.25, -0.2) is 9.98 Å². The van der Waals surface area contributed by atoms with Crippen molar-refractivity contribution in [3.8, 4) is 0 Å². The Morgan fingerprint density at radius 2 is 2.20 bits per heavy atom. The third kappa shape index (κ3) is 3.60. The van der Waals surface area contributed by atoms with Gasteiger partial charge in [-0.05, 0) is 38.2 Å². The van der Waals surface area contributed by atoms with Crippen molar-refractivity contribution < 1.29 is 4.87 Å². The number of hydrogen-bond acceptors (Lipinski definition) is 3. The van der Waals surface area contributed by atoms with E-state index in [1.165, 1.54) is 0 Å². The van der Waals surface area contributed by atoms with Crippen molar-refractivity contribution in [3.63, 3.8) is 0 Å². The van der Waals surface area contributed by atoms with Crippen molar-refractivity contribution in [2.45, 2.75) is 26.3 Å². The van der Waals surface area contributed by atoms with E-state index >= 15 is 0 Å². The number of hydrogen-bond donors (Lipinski definition) is 1. The molecule has 108 valence electrons. The fourth-order valence-electron chi connectivity index (χ4n) is 2.23. The summed E-state index contributed by atoms with van der Waals surface area (Å²) in [5.74, 6) is 0.408. The highest BCUT2D eigenvalue weighted by Gasteiger charge is 2.34. The molecule has 0 bridgehead atoms. The van der Waals surface area contributed by atoms with Gasteiger partial charge < -0.3 is 4.90 Å². The van der Waals surface area contributed by atoms with Crippen LogP contribution in [0.15, 0.2) is 34.3 Å². The highest BCUT2D eigenvalue weighted by molar-refractivity contribution is 6.08. The Hall–Kier alpha value is -1.82. The Morgan fingerprint density at radius 3 is 2.95 bits per heavy atom. The maximum atomic E-state index is 11.8. The minimum Gasteiger partial charge on any atom is -0.304 e. The van der Waals surface area contributed by atoms with Crippen LogP contribution >= 0.6 is 0 Å². The highest BCUT2D eigenvalue weighted by Crippen LogP contribution is 2.08. The molecule has 0 saturated heterocycles. The number of nitroso groups, excluding NO2 is 1. The lowest BCUT2D eigenvalue weighted by molar-refractivity contribution is -0.601. The van der Waals surface area contributed by atoms with E-state index < -0.39 is 0 Å². The molecular weight excluding hydrogens is 254 g/mol. The number of aliphatic imine (C=N–C) groups is 2. The molecule has 0 amide bonds. The number of nitrogens with one attached hydrogen (secondary N) is 1. The molecule has 1 aliphatic carbocycles. The number of rotatable bonds is 6. The fourth-order valence-corrected chi connectivity index (χ4v) is 2.23. The molecule has 2 aliphatic rings. The third-order valence-corrected chi connectivity index (χ3v) is 3.46. The number of fused-ring (bicyclic) bond motifs is 1. The van der Waals surface area contributed by atoms with Crippen LogP contribution in [0.5, 0.6) is 0 Å². The molecule has 0 aromatic rings. The number of nitrogens with zero attached hydrogens (tertiary/aromatic N) is 4. The van der Waals surface area contributed by atoms with Crippen LogP contribution in [0, 0.1) is 4.91 Å². The van der Waals surface area contributed by atoms with Crippen LogP contribution in [0.4, 0.5) is 0 Å². The van der Waals surface area contributed by atoms with Crippen molar-refractivity contribution in [1.29, 1.82) is 0 Å². The maximum absolute atomic E-state index is 11.8. The zero-order valence-electron chi connectivity index (χ0n) is 12.1. The molecule has 6 heteroatoms. The van der Waals surface area contributed by atoms with Crippen molar-refractivity contribution in [3.05, 3.63) is 29.2 Å². The summed E-state index contributed by atoms with van der Waals surface area (Å²) in [5.41, 5.74) is 3.41. The SMILES string of the molecule is CCN(CC)CCCN=C1N=C2C=CC=CC2[N+](=O)N1. The minimum atomic E-state index is -0.338. The molecule has 1 atom stereocenters. The molecule has 0 aromatic carbocycles.